The van der Waals surface area contributed by atoms with E-state index in [-0.39, 0.29) is 25.9 Å². The highest BCUT2D eigenvalue weighted by molar-refractivity contribution is 6.35. The van der Waals surface area contributed by atoms with Crippen LogP contribution in [-0.4, -0.2) is 44.2 Å². The summed E-state index contributed by atoms with van der Waals surface area (Å²) < 4.78 is 15.9. The van der Waals surface area contributed by atoms with Gasteiger partial charge in [0, 0.05) is 24.2 Å². The number of rotatable bonds is 9. The van der Waals surface area contributed by atoms with Crippen molar-refractivity contribution in [3.63, 3.8) is 0 Å². The van der Waals surface area contributed by atoms with E-state index in [1.165, 1.54) is 0 Å². The molecule has 1 rings (SSSR count). The van der Waals surface area contributed by atoms with Gasteiger partial charge >= 0.3 is 0 Å². The molecule has 1 aromatic rings. The summed E-state index contributed by atoms with van der Waals surface area (Å²) in [6, 6.07) is 3.26. The Labute approximate surface area is 134 Å². The molecule has 0 aliphatic rings. The molecule has 1 aromatic carbocycles. The fraction of sp³-hybridized carbons (Fsp3) is 0.571. The van der Waals surface area contributed by atoms with Crippen molar-refractivity contribution < 1.29 is 19.3 Å². The minimum Gasteiger partial charge on any atom is -0.489 e. The highest BCUT2D eigenvalue weighted by atomic mass is 35.5. The molecule has 0 radical (unpaired) electrons. The van der Waals surface area contributed by atoms with Crippen LogP contribution in [0.3, 0.4) is 0 Å². The van der Waals surface area contributed by atoms with Gasteiger partial charge in [-0.05, 0) is 19.1 Å². The number of ether oxygens (including phenoxy) is 3. The van der Waals surface area contributed by atoms with Crippen LogP contribution in [0.1, 0.15) is 12.5 Å². The number of hydrogen-bond acceptors (Lipinski definition) is 5. The summed E-state index contributed by atoms with van der Waals surface area (Å²) in [5.74, 6) is 0.438. The third-order valence-corrected chi connectivity index (χ3v) is 3.20. The molecule has 0 aliphatic carbocycles. The zero-order chi connectivity index (χ0) is 15.8. The predicted octanol–water partition coefficient (Wildman–Crippen LogP) is 2.24. The molecule has 0 heterocycles. The Bertz CT molecular complexity index is 445. The van der Waals surface area contributed by atoms with E-state index in [4.69, 9.17) is 43.1 Å². The van der Waals surface area contributed by atoms with Crippen LogP contribution in [0.15, 0.2) is 12.1 Å². The molecular weight excluding hydrogens is 317 g/mol. The number of aliphatic hydroxyl groups is 1. The Morgan fingerprint density at radius 1 is 1.24 bits per heavy atom. The van der Waals surface area contributed by atoms with Crippen LogP contribution < -0.4 is 10.5 Å². The summed E-state index contributed by atoms with van der Waals surface area (Å²) in [5.41, 5.74) is 6.32. The molecule has 0 aromatic heterocycles. The van der Waals surface area contributed by atoms with Crippen LogP contribution >= 0.6 is 23.2 Å². The summed E-state index contributed by atoms with van der Waals surface area (Å²) in [6.07, 6.45) is -0.870. The summed E-state index contributed by atoms with van der Waals surface area (Å²) in [6.45, 7) is 2.77. The van der Waals surface area contributed by atoms with E-state index in [0.717, 1.165) is 0 Å². The quantitative estimate of drug-likeness (QED) is 0.722. The zero-order valence-electron chi connectivity index (χ0n) is 12.1. The smallest absolute Gasteiger partial charge is 0.142 e. The third kappa shape index (κ3) is 6.38. The SMILES string of the molecule is COCC(C)OCC(O)COc1c(Cl)cc(Cl)cc1CN. The van der Waals surface area contributed by atoms with Crippen molar-refractivity contribution in [3.05, 3.63) is 27.7 Å². The van der Waals surface area contributed by atoms with E-state index >= 15 is 0 Å². The summed E-state index contributed by atoms with van der Waals surface area (Å²) in [7, 11) is 1.59. The highest BCUT2D eigenvalue weighted by Gasteiger charge is 2.13. The van der Waals surface area contributed by atoms with Crippen molar-refractivity contribution in [1.82, 2.24) is 0 Å². The maximum Gasteiger partial charge on any atom is 0.142 e. The molecule has 0 bridgehead atoms. The minimum atomic E-state index is -0.776. The number of halogens is 2. The summed E-state index contributed by atoms with van der Waals surface area (Å²) in [5, 5.41) is 10.7. The van der Waals surface area contributed by atoms with Gasteiger partial charge in [0.1, 0.15) is 18.5 Å². The van der Waals surface area contributed by atoms with Gasteiger partial charge in [-0.25, -0.2) is 0 Å². The topological polar surface area (TPSA) is 73.9 Å². The zero-order valence-corrected chi connectivity index (χ0v) is 13.7. The molecule has 21 heavy (non-hydrogen) atoms. The molecule has 0 fully saturated rings. The standard InChI is InChI=1S/C14H21Cl2NO4/c1-9(6-19-2)20-7-12(18)8-21-14-10(5-17)3-11(15)4-13(14)16/h3-4,9,12,18H,5-8,17H2,1-2H3. The first kappa shape index (κ1) is 18.5. The van der Waals surface area contributed by atoms with Gasteiger partial charge in [0.25, 0.3) is 0 Å². The second-order valence-electron chi connectivity index (χ2n) is 4.64. The molecular formula is C14H21Cl2NO4. The average molecular weight is 338 g/mol. The first-order chi connectivity index (χ1) is 9.97. The average Bonchev–Trinajstić information content (AvgIpc) is 2.43. The van der Waals surface area contributed by atoms with Crippen molar-refractivity contribution in [1.29, 1.82) is 0 Å². The van der Waals surface area contributed by atoms with Gasteiger partial charge in [-0.3, -0.25) is 0 Å². The third-order valence-electron chi connectivity index (χ3n) is 2.70. The van der Waals surface area contributed by atoms with Gasteiger partial charge in [-0.2, -0.15) is 0 Å². The molecule has 2 unspecified atom stereocenters. The lowest BCUT2D eigenvalue weighted by molar-refractivity contribution is -0.0423. The van der Waals surface area contributed by atoms with E-state index < -0.39 is 6.10 Å². The molecule has 3 N–H and O–H groups in total. The van der Waals surface area contributed by atoms with Crippen LogP contribution in [0.4, 0.5) is 0 Å². The van der Waals surface area contributed by atoms with Crippen LogP contribution in [0.25, 0.3) is 0 Å². The first-order valence-corrected chi connectivity index (χ1v) is 7.32. The molecule has 0 spiro atoms. The number of benzene rings is 1. The van der Waals surface area contributed by atoms with Gasteiger partial charge in [0.2, 0.25) is 0 Å². The Kier molecular flexibility index (Phi) is 8.33. The minimum absolute atomic E-state index is 0.0497. The number of methoxy groups -OCH3 is 1. The first-order valence-electron chi connectivity index (χ1n) is 6.57. The van der Waals surface area contributed by atoms with Crippen molar-refractivity contribution in [3.8, 4) is 5.75 Å². The van der Waals surface area contributed by atoms with E-state index in [9.17, 15) is 5.11 Å². The lowest BCUT2D eigenvalue weighted by Crippen LogP contribution is -2.27. The highest BCUT2D eigenvalue weighted by Crippen LogP contribution is 2.32. The predicted molar refractivity (Wildman–Crippen MR) is 83.1 cm³/mol. The molecule has 2 atom stereocenters. The Hall–Kier alpha value is -0.560. The second kappa shape index (κ2) is 9.46. The molecule has 0 aliphatic heterocycles. The van der Waals surface area contributed by atoms with E-state index in [2.05, 4.69) is 0 Å². The van der Waals surface area contributed by atoms with Crippen LogP contribution in [0.2, 0.25) is 10.0 Å². The van der Waals surface area contributed by atoms with Gasteiger partial charge in [-0.1, -0.05) is 23.2 Å². The van der Waals surface area contributed by atoms with Gasteiger partial charge in [0.05, 0.1) is 24.3 Å². The molecule has 120 valence electrons. The fourth-order valence-corrected chi connectivity index (χ4v) is 2.30. The van der Waals surface area contributed by atoms with Crippen LogP contribution in [-0.2, 0) is 16.0 Å². The maximum absolute atomic E-state index is 9.85. The second-order valence-corrected chi connectivity index (χ2v) is 5.49. The van der Waals surface area contributed by atoms with Crippen molar-refractivity contribution in [2.75, 3.05) is 26.9 Å². The normalized spacial score (nSPS) is 14.0. The largest absolute Gasteiger partial charge is 0.489 e. The van der Waals surface area contributed by atoms with Crippen LogP contribution in [0, 0.1) is 0 Å². The number of hydrogen-bond donors (Lipinski definition) is 2. The lowest BCUT2D eigenvalue weighted by Gasteiger charge is -2.18. The van der Waals surface area contributed by atoms with E-state index in [1.807, 2.05) is 6.92 Å². The molecule has 0 saturated carbocycles. The fourth-order valence-electron chi connectivity index (χ4n) is 1.71. The molecule has 0 amide bonds. The van der Waals surface area contributed by atoms with E-state index in [1.54, 1.807) is 19.2 Å². The van der Waals surface area contributed by atoms with E-state index in [0.29, 0.717) is 28.0 Å². The van der Waals surface area contributed by atoms with Gasteiger partial charge in [0.15, 0.2) is 0 Å². The number of aliphatic hydroxyl groups excluding tert-OH is 1. The lowest BCUT2D eigenvalue weighted by atomic mass is 10.2. The van der Waals surface area contributed by atoms with Gasteiger partial charge in [-0.15, -0.1) is 0 Å². The molecule has 7 heteroatoms. The van der Waals surface area contributed by atoms with Crippen LogP contribution in [0.5, 0.6) is 5.75 Å². The molecule has 0 saturated heterocycles. The summed E-state index contributed by atoms with van der Waals surface area (Å²) >= 11 is 12.0. The van der Waals surface area contributed by atoms with Crippen molar-refractivity contribution in [2.24, 2.45) is 5.73 Å². The Balaban J connectivity index is 2.51. The maximum atomic E-state index is 9.85. The Morgan fingerprint density at radius 3 is 2.57 bits per heavy atom. The summed E-state index contributed by atoms with van der Waals surface area (Å²) in [4.78, 5) is 0. The molecule has 5 nitrogen and oxygen atoms in total. The van der Waals surface area contributed by atoms with Crippen molar-refractivity contribution >= 4 is 23.2 Å². The monoisotopic (exact) mass is 337 g/mol. The number of nitrogens with two attached hydrogens (primary N) is 1. The van der Waals surface area contributed by atoms with Gasteiger partial charge < -0.3 is 25.1 Å². The Morgan fingerprint density at radius 2 is 1.95 bits per heavy atom. The van der Waals surface area contributed by atoms with Crippen molar-refractivity contribution in [2.45, 2.75) is 25.7 Å².